The Kier molecular flexibility index (Phi) is 8.35. The van der Waals surface area contributed by atoms with Gasteiger partial charge in [-0.25, -0.2) is 24.9 Å². The fraction of sp³-hybridized carbons (Fsp3) is 0.0377. The van der Waals surface area contributed by atoms with E-state index < -0.39 is 0 Å². The van der Waals surface area contributed by atoms with Gasteiger partial charge >= 0.3 is 0 Å². The van der Waals surface area contributed by atoms with E-state index >= 15 is 0 Å². The molecule has 288 valence electrons. The van der Waals surface area contributed by atoms with Crippen LogP contribution in [0.25, 0.3) is 110 Å². The molecule has 4 heterocycles. The molecule has 1 aliphatic carbocycles. The smallest absolute Gasteiger partial charge is 0.227 e. The molecule has 0 amide bonds. The van der Waals surface area contributed by atoms with Crippen molar-refractivity contribution in [2.24, 2.45) is 0 Å². The van der Waals surface area contributed by atoms with Gasteiger partial charge in [-0.1, -0.05) is 109 Å². The Balaban J connectivity index is 0.894. The number of benzene rings is 7. The Bertz CT molecular complexity index is 3540. The maximum Gasteiger partial charge on any atom is 0.227 e. The lowest BCUT2D eigenvalue weighted by atomic mass is 10.0. The quantitative estimate of drug-likeness (QED) is 0.160. The summed E-state index contributed by atoms with van der Waals surface area (Å²) in [7, 11) is 0. The minimum absolute atomic E-state index is 0.619. The number of para-hydroxylation sites is 1. The monoisotopic (exact) mass is 802 g/mol. The van der Waals surface area contributed by atoms with Crippen LogP contribution in [-0.2, 0) is 0 Å². The van der Waals surface area contributed by atoms with Gasteiger partial charge in [-0.15, -0.1) is 11.3 Å². The fourth-order valence-electron chi connectivity index (χ4n) is 8.34. The molecular formula is C53H34N6OS. The number of aromatic nitrogens is 6. The van der Waals surface area contributed by atoms with Crippen LogP contribution in [-0.4, -0.2) is 29.5 Å². The van der Waals surface area contributed by atoms with Crippen LogP contribution >= 0.6 is 11.3 Å². The standard InChI is InChI=1S/C53H34N6OS/c1-4-13-33(14-5-1)49-56-50(34-15-6-2-7-16-34)58-51(57-49)38-24-28-48-44(31-38)55-53(61-48)39-20-12-19-36(29-39)37-23-26-46-42(30-37)41-21-10-11-22-45(41)59(46)40-25-27-47-43(32-40)54-52(60-47)35-17-8-3-9-18-35/h1,3-6,8-32H,2,7H2. The van der Waals surface area contributed by atoms with Gasteiger partial charge in [0.2, 0.25) is 5.89 Å². The first-order chi connectivity index (χ1) is 30.2. The normalized spacial score (nSPS) is 12.8. The van der Waals surface area contributed by atoms with Crippen LogP contribution in [0.3, 0.4) is 0 Å². The van der Waals surface area contributed by atoms with Gasteiger partial charge in [-0.2, -0.15) is 0 Å². The number of hydrogen-bond donors (Lipinski definition) is 0. The van der Waals surface area contributed by atoms with Gasteiger partial charge in [0.25, 0.3) is 0 Å². The molecule has 0 spiro atoms. The largest absolute Gasteiger partial charge is 0.436 e. The molecule has 0 radical (unpaired) electrons. The predicted octanol–water partition coefficient (Wildman–Crippen LogP) is 13.8. The lowest BCUT2D eigenvalue weighted by Gasteiger charge is -2.10. The molecule has 4 aromatic heterocycles. The van der Waals surface area contributed by atoms with E-state index in [1.54, 1.807) is 11.3 Å². The van der Waals surface area contributed by atoms with Gasteiger partial charge in [0, 0.05) is 44.3 Å². The summed E-state index contributed by atoms with van der Waals surface area (Å²) in [6, 6.07) is 56.8. The molecule has 12 rings (SSSR count). The molecule has 0 saturated carbocycles. The number of oxazole rings is 1. The molecule has 0 unspecified atom stereocenters. The van der Waals surface area contributed by atoms with Gasteiger partial charge in [0.1, 0.15) is 10.5 Å². The average molecular weight is 803 g/mol. The molecular weight excluding hydrogens is 769 g/mol. The van der Waals surface area contributed by atoms with E-state index in [9.17, 15) is 0 Å². The molecule has 7 nitrogen and oxygen atoms in total. The number of hydrogen-bond acceptors (Lipinski definition) is 7. The summed E-state index contributed by atoms with van der Waals surface area (Å²) >= 11 is 1.69. The SMILES string of the molecule is C1=CC(c2nc(-c3ccccc3)nc(-c3ccc4sc(-c5cccc(-c6ccc7c(c6)c6ccccc6n7-c6ccc7oc(-c8ccccc8)nc7c6)c5)nc4c3)n2)=CCC1. The average Bonchev–Trinajstić information content (AvgIpc) is 4.06. The van der Waals surface area contributed by atoms with Crippen molar-refractivity contribution in [2.75, 3.05) is 0 Å². The molecule has 1 aliphatic rings. The lowest BCUT2D eigenvalue weighted by Crippen LogP contribution is -2.03. The van der Waals surface area contributed by atoms with Crippen molar-refractivity contribution < 1.29 is 4.42 Å². The minimum atomic E-state index is 0.619. The van der Waals surface area contributed by atoms with Crippen molar-refractivity contribution >= 4 is 60.0 Å². The van der Waals surface area contributed by atoms with Gasteiger partial charge in [-0.3, -0.25) is 0 Å². The molecule has 61 heavy (non-hydrogen) atoms. The Morgan fingerprint density at radius 1 is 0.475 bits per heavy atom. The molecule has 0 bridgehead atoms. The summed E-state index contributed by atoms with van der Waals surface area (Å²) in [6.07, 6.45) is 8.50. The fourth-order valence-corrected chi connectivity index (χ4v) is 9.28. The topological polar surface area (TPSA) is 82.5 Å². The zero-order valence-electron chi connectivity index (χ0n) is 32.7. The van der Waals surface area contributed by atoms with Gasteiger partial charge < -0.3 is 8.98 Å². The highest BCUT2D eigenvalue weighted by atomic mass is 32.1. The Morgan fingerprint density at radius 3 is 2.05 bits per heavy atom. The molecule has 7 aromatic carbocycles. The number of fused-ring (bicyclic) bond motifs is 5. The first-order valence-corrected chi connectivity index (χ1v) is 21.2. The first kappa shape index (κ1) is 35.2. The van der Waals surface area contributed by atoms with Gasteiger partial charge in [0.15, 0.2) is 23.1 Å². The second kappa shape index (κ2) is 14.5. The summed E-state index contributed by atoms with van der Waals surface area (Å²) < 4.78 is 9.58. The third kappa shape index (κ3) is 6.32. The lowest BCUT2D eigenvalue weighted by molar-refractivity contribution is 0.620. The van der Waals surface area contributed by atoms with E-state index in [-0.39, 0.29) is 0 Å². The predicted molar refractivity (Wildman–Crippen MR) is 248 cm³/mol. The molecule has 8 heteroatoms. The second-order valence-electron chi connectivity index (χ2n) is 15.2. The van der Waals surface area contributed by atoms with Crippen LogP contribution in [0.1, 0.15) is 18.7 Å². The highest BCUT2D eigenvalue weighted by Gasteiger charge is 2.18. The number of allylic oxidation sites excluding steroid dienone is 4. The van der Waals surface area contributed by atoms with E-state index in [1.807, 2.05) is 66.7 Å². The number of rotatable bonds is 7. The van der Waals surface area contributed by atoms with Crippen molar-refractivity contribution in [3.63, 3.8) is 0 Å². The van der Waals surface area contributed by atoms with Crippen LogP contribution in [0.2, 0.25) is 0 Å². The van der Waals surface area contributed by atoms with Crippen molar-refractivity contribution in [3.05, 3.63) is 188 Å². The second-order valence-corrected chi connectivity index (χ2v) is 16.2. The Labute approximate surface area is 354 Å². The third-order valence-electron chi connectivity index (χ3n) is 11.3. The van der Waals surface area contributed by atoms with Crippen molar-refractivity contribution in [2.45, 2.75) is 12.8 Å². The van der Waals surface area contributed by atoms with Gasteiger partial charge in [-0.05, 0) is 96.8 Å². The number of nitrogens with zero attached hydrogens (tertiary/aromatic N) is 6. The van der Waals surface area contributed by atoms with Crippen LogP contribution in [0.5, 0.6) is 0 Å². The van der Waals surface area contributed by atoms with E-state index in [0.717, 1.165) is 94.8 Å². The highest BCUT2D eigenvalue weighted by Crippen LogP contribution is 2.38. The summed E-state index contributed by atoms with van der Waals surface area (Å²) in [5.74, 6) is 2.60. The Morgan fingerprint density at radius 2 is 1.20 bits per heavy atom. The maximum atomic E-state index is 6.15. The molecule has 0 fully saturated rings. The van der Waals surface area contributed by atoms with E-state index in [1.165, 1.54) is 10.8 Å². The zero-order valence-corrected chi connectivity index (χ0v) is 33.6. The van der Waals surface area contributed by atoms with Crippen molar-refractivity contribution in [1.82, 2.24) is 29.5 Å². The van der Waals surface area contributed by atoms with Crippen molar-refractivity contribution in [3.8, 4) is 61.6 Å². The summed E-state index contributed by atoms with van der Waals surface area (Å²) in [6.45, 7) is 0. The summed E-state index contributed by atoms with van der Waals surface area (Å²) in [5.41, 5.74) is 13.0. The van der Waals surface area contributed by atoms with E-state index in [4.69, 9.17) is 29.3 Å². The van der Waals surface area contributed by atoms with Crippen molar-refractivity contribution in [1.29, 1.82) is 0 Å². The van der Waals surface area contributed by atoms with Crippen LogP contribution < -0.4 is 0 Å². The summed E-state index contributed by atoms with van der Waals surface area (Å²) in [4.78, 5) is 24.9. The van der Waals surface area contributed by atoms with Crippen LogP contribution in [0, 0.1) is 0 Å². The van der Waals surface area contributed by atoms with E-state index in [2.05, 4.69) is 120 Å². The molecule has 0 aliphatic heterocycles. The molecule has 0 N–H and O–H groups in total. The maximum absolute atomic E-state index is 6.15. The highest BCUT2D eigenvalue weighted by molar-refractivity contribution is 7.21. The molecule has 11 aromatic rings. The van der Waals surface area contributed by atoms with Crippen LogP contribution in [0.4, 0.5) is 0 Å². The number of thiazole rings is 1. The van der Waals surface area contributed by atoms with Gasteiger partial charge in [0.05, 0.1) is 21.3 Å². The molecule has 0 atom stereocenters. The molecule has 0 saturated heterocycles. The summed E-state index contributed by atoms with van der Waals surface area (Å²) in [5, 5.41) is 3.34. The van der Waals surface area contributed by atoms with Crippen LogP contribution in [0.15, 0.2) is 186 Å². The van der Waals surface area contributed by atoms with E-state index in [0.29, 0.717) is 23.4 Å². The minimum Gasteiger partial charge on any atom is -0.436 e. The third-order valence-corrected chi connectivity index (χ3v) is 12.4. The Hall–Kier alpha value is -7.81. The zero-order chi connectivity index (χ0) is 40.3. The first-order valence-electron chi connectivity index (χ1n) is 20.4.